The molecule has 35 heavy (non-hydrogen) atoms. The third-order valence-electron chi connectivity index (χ3n) is 5.55. The largest absolute Gasteiger partial charge is 0.464 e. The van der Waals surface area contributed by atoms with E-state index in [0.29, 0.717) is 23.8 Å². The van der Waals surface area contributed by atoms with Gasteiger partial charge in [-0.25, -0.2) is 14.5 Å². The molecule has 5 aromatic rings. The lowest BCUT2D eigenvalue weighted by molar-refractivity contribution is 0.0593. The summed E-state index contributed by atoms with van der Waals surface area (Å²) in [7, 11) is 1.29. The number of para-hydroxylation sites is 2. The molecule has 7 nitrogen and oxygen atoms in total. The maximum atomic E-state index is 14.0. The molecule has 0 fully saturated rings. The van der Waals surface area contributed by atoms with E-state index in [0.717, 1.165) is 15.8 Å². The van der Waals surface area contributed by atoms with Crippen molar-refractivity contribution in [2.24, 2.45) is 0 Å². The number of ether oxygens (including phenoxy) is 1. The van der Waals surface area contributed by atoms with Crippen molar-refractivity contribution in [1.29, 1.82) is 0 Å². The van der Waals surface area contributed by atoms with Crippen molar-refractivity contribution in [3.63, 3.8) is 0 Å². The number of methoxy groups -OCH3 is 1. The highest BCUT2D eigenvalue weighted by Crippen LogP contribution is 2.30. The molecule has 174 valence electrons. The Labute approximate surface area is 206 Å². The summed E-state index contributed by atoms with van der Waals surface area (Å²) in [6.07, 6.45) is 0.645. The maximum absolute atomic E-state index is 14.0. The van der Waals surface area contributed by atoms with Crippen LogP contribution in [-0.2, 0) is 11.2 Å². The fourth-order valence-electron chi connectivity index (χ4n) is 3.79. The fourth-order valence-corrected chi connectivity index (χ4v) is 4.78. The first-order valence-electron chi connectivity index (χ1n) is 11.1. The summed E-state index contributed by atoms with van der Waals surface area (Å²) in [5.74, 6) is -0.906. The minimum absolute atomic E-state index is 0.0620. The first-order valence-corrected chi connectivity index (χ1v) is 11.9. The number of amides is 1. The van der Waals surface area contributed by atoms with Gasteiger partial charge in [-0.15, -0.1) is 0 Å². The van der Waals surface area contributed by atoms with Gasteiger partial charge in [0.25, 0.3) is 5.91 Å². The number of fused-ring (bicyclic) bond motifs is 1. The van der Waals surface area contributed by atoms with Gasteiger partial charge in [-0.3, -0.25) is 9.69 Å². The van der Waals surface area contributed by atoms with E-state index in [-0.39, 0.29) is 17.3 Å². The molecule has 0 aliphatic rings. The van der Waals surface area contributed by atoms with Gasteiger partial charge in [0.05, 0.1) is 23.0 Å². The van der Waals surface area contributed by atoms with Crippen LogP contribution in [0.5, 0.6) is 0 Å². The van der Waals surface area contributed by atoms with Gasteiger partial charge < -0.3 is 4.74 Å². The van der Waals surface area contributed by atoms with Crippen LogP contribution in [0.25, 0.3) is 15.9 Å². The van der Waals surface area contributed by atoms with E-state index in [2.05, 4.69) is 5.10 Å². The second-order valence-electron chi connectivity index (χ2n) is 7.81. The van der Waals surface area contributed by atoms with Gasteiger partial charge in [0.2, 0.25) is 0 Å². The van der Waals surface area contributed by atoms with Crippen molar-refractivity contribution in [3.8, 4) is 5.69 Å². The average molecular weight is 483 g/mol. The highest BCUT2D eigenvalue weighted by Gasteiger charge is 2.27. The molecule has 5 rings (SSSR count). The number of esters is 1. The molecule has 0 aliphatic heterocycles. The van der Waals surface area contributed by atoms with Gasteiger partial charge in [-0.2, -0.15) is 5.10 Å². The summed E-state index contributed by atoms with van der Waals surface area (Å²) >= 11 is 1.46. The van der Waals surface area contributed by atoms with E-state index in [9.17, 15) is 9.59 Å². The first-order chi connectivity index (χ1) is 17.1. The van der Waals surface area contributed by atoms with Crippen LogP contribution < -0.4 is 4.90 Å². The fraction of sp³-hybridized carbons (Fsp3) is 0.111. The number of thiazole rings is 1. The quantitative estimate of drug-likeness (QED) is 0.300. The van der Waals surface area contributed by atoms with Crippen LogP contribution in [0.2, 0.25) is 0 Å². The molecule has 0 atom stereocenters. The van der Waals surface area contributed by atoms with Gasteiger partial charge in [0, 0.05) is 12.6 Å². The summed E-state index contributed by atoms with van der Waals surface area (Å²) in [4.78, 5) is 32.7. The molecule has 3 aromatic carbocycles. The Bertz CT molecular complexity index is 1450. The molecule has 8 heteroatoms. The molecule has 0 N–H and O–H groups in total. The van der Waals surface area contributed by atoms with Crippen LogP contribution in [0.4, 0.5) is 5.13 Å². The van der Waals surface area contributed by atoms with E-state index in [1.54, 1.807) is 4.90 Å². The number of carbonyl (C=O) groups is 2. The van der Waals surface area contributed by atoms with Crippen LogP contribution in [-0.4, -0.2) is 40.3 Å². The number of benzene rings is 3. The second-order valence-corrected chi connectivity index (χ2v) is 8.82. The van der Waals surface area contributed by atoms with Gasteiger partial charge in [0.15, 0.2) is 10.8 Å². The summed E-state index contributed by atoms with van der Waals surface area (Å²) in [5, 5.41) is 4.98. The zero-order valence-corrected chi connectivity index (χ0v) is 19.8. The lowest BCUT2D eigenvalue weighted by Crippen LogP contribution is -2.34. The number of nitrogens with zero attached hydrogens (tertiary/aromatic N) is 4. The highest BCUT2D eigenvalue weighted by atomic mass is 32.1. The Morgan fingerprint density at radius 2 is 1.63 bits per heavy atom. The van der Waals surface area contributed by atoms with Gasteiger partial charge in [0.1, 0.15) is 5.69 Å². The molecular formula is C27H22N4O3S. The number of anilines is 1. The number of rotatable bonds is 7. The minimum atomic E-state index is -0.607. The zero-order valence-electron chi connectivity index (χ0n) is 19.0. The van der Waals surface area contributed by atoms with E-state index >= 15 is 0 Å². The van der Waals surface area contributed by atoms with E-state index < -0.39 is 5.97 Å². The van der Waals surface area contributed by atoms with Gasteiger partial charge >= 0.3 is 5.97 Å². The Balaban J connectivity index is 1.58. The minimum Gasteiger partial charge on any atom is -0.464 e. The van der Waals surface area contributed by atoms with Crippen LogP contribution in [0.15, 0.2) is 91.0 Å². The third kappa shape index (κ3) is 4.69. The molecule has 0 aliphatic carbocycles. The lowest BCUT2D eigenvalue weighted by atomic mass is 10.1. The normalized spacial score (nSPS) is 10.9. The standard InChI is InChI=1S/C27H22N4O3S/c1-34-26(33)22-18-23(31(29-22)20-12-6-3-7-13-20)25(32)30(17-16-19-10-4-2-5-11-19)27-28-21-14-8-9-15-24(21)35-27/h2-15,18H,16-17H2,1H3. The van der Waals surface area contributed by atoms with Gasteiger partial charge in [-0.05, 0) is 36.2 Å². The lowest BCUT2D eigenvalue weighted by Gasteiger charge is -2.20. The Hall–Kier alpha value is -4.30. The SMILES string of the molecule is COC(=O)c1cc(C(=O)N(CCc2ccccc2)c2nc3ccccc3s2)n(-c2ccccc2)n1. The van der Waals surface area contributed by atoms with Crippen molar-refractivity contribution in [3.05, 3.63) is 108 Å². The molecule has 2 aromatic heterocycles. The predicted molar refractivity (Wildman–Crippen MR) is 136 cm³/mol. The number of aromatic nitrogens is 3. The Morgan fingerprint density at radius 3 is 2.34 bits per heavy atom. The monoisotopic (exact) mass is 482 g/mol. The first kappa shape index (κ1) is 22.5. The van der Waals surface area contributed by atoms with Gasteiger partial charge in [-0.1, -0.05) is 72.0 Å². The molecule has 0 saturated carbocycles. The van der Waals surface area contributed by atoms with Crippen LogP contribution in [0.1, 0.15) is 26.5 Å². The van der Waals surface area contributed by atoms with E-state index in [1.807, 2.05) is 84.9 Å². The Kier molecular flexibility index (Phi) is 6.36. The van der Waals surface area contributed by atoms with E-state index in [4.69, 9.17) is 9.72 Å². The molecule has 1 amide bonds. The van der Waals surface area contributed by atoms with Crippen molar-refractivity contribution >= 4 is 38.6 Å². The van der Waals surface area contributed by atoms with Crippen LogP contribution in [0.3, 0.4) is 0 Å². The van der Waals surface area contributed by atoms with E-state index in [1.165, 1.54) is 29.2 Å². The number of hydrogen-bond donors (Lipinski definition) is 0. The zero-order chi connectivity index (χ0) is 24.2. The average Bonchev–Trinajstić information content (AvgIpc) is 3.54. The predicted octanol–water partition coefficient (Wildman–Crippen LogP) is 5.16. The molecule has 0 bridgehead atoms. The van der Waals surface area contributed by atoms with Crippen molar-refractivity contribution in [2.45, 2.75) is 6.42 Å². The van der Waals surface area contributed by atoms with Crippen LogP contribution in [0, 0.1) is 0 Å². The van der Waals surface area contributed by atoms with Crippen molar-refractivity contribution in [1.82, 2.24) is 14.8 Å². The molecule has 0 unspecified atom stereocenters. The van der Waals surface area contributed by atoms with Crippen molar-refractivity contribution in [2.75, 3.05) is 18.6 Å². The molecule has 0 saturated heterocycles. The number of carbonyl (C=O) groups excluding carboxylic acids is 2. The molecule has 2 heterocycles. The third-order valence-corrected chi connectivity index (χ3v) is 6.61. The molecule has 0 spiro atoms. The smallest absolute Gasteiger partial charge is 0.358 e. The summed E-state index contributed by atoms with van der Waals surface area (Å²) in [6, 6.07) is 28.5. The summed E-state index contributed by atoms with van der Waals surface area (Å²) in [6.45, 7) is 0.413. The number of hydrogen-bond acceptors (Lipinski definition) is 6. The highest BCUT2D eigenvalue weighted by molar-refractivity contribution is 7.22. The molecular weight excluding hydrogens is 460 g/mol. The summed E-state index contributed by atoms with van der Waals surface area (Å²) in [5.41, 5.74) is 2.92. The van der Waals surface area contributed by atoms with Crippen molar-refractivity contribution < 1.29 is 14.3 Å². The Morgan fingerprint density at radius 1 is 0.943 bits per heavy atom. The second kappa shape index (κ2) is 9.90. The molecule has 0 radical (unpaired) electrons. The van der Waals surface area contributed by atoms with Crippen LogP contribution >= 0.6 is 11.3 Å². The topological polar surface area (TPSA) is 77.3 Å². The summed E-state index contributed by atoms with van der Waals surface area (Å²) < 4.78 is 7.34. The maximum Gasteiger partial charge on any atom is 0.358 e.